The second kappa shape index (κ2) is 6.59. The number of benzene rings is 2. The quantitative estimate of drug-likeness (QED) is 0.670. The van der Waals surface area contributed by atoms with Gasteiger partial charge in [-0.2, -0.15) is 18.4 Å². The van der Waals surface area contributed by atoms with Crippen LogP contribution in [0.15, 0.2) is 46.4 Å². The zero-order chi connectivity index (χ0) is 17.2. The molecule has 0 bridgehead atoms. The molecule has 0 aromatic heterocycles. The van der Waals surface area contributed by atoms with Crippen LogP contribution in [0.1, 0.15) is 11.1 Å². The molecule has 0 radical (unpaired) electrons. The molecule has 0 saturated heterocycles. The van der Waals surface area contributed by atoms with E-state index in [9.17, 15) is 21.6 Å². The van der Waals surface area contributed by atoms with E-state index in [-0.39, 0.29) is 4.90 Å². The second-order valence-electron chi connectivity index (χ2n) is 4.55. The highest BCUT2D eigenvalue weighted by Gasteiger charge is 2.18. The first-order chi connectivity index (χ1) is 10.7. The smallest absolute Gasteiger partial charge is 0.207 e. The van der Waals surface area contributed by atoms with Crippen molar-refractivity contribution in [1.29, 1.82) is 0 Å². The van der Waals surface area contributed by atoms with Crippen molar-refractivity contribution in [3.8, 4) is 0 Å². The monoisotopic (exact) mass is 362 g/mol. The van der Waals surface area contributed by atoms with E-state index < -0.39 is 38.2 Å². The van der Waals surface area contributed by atoms with Gasteiger partial charge in [-0.15, -0.1) is 0 Å². The first-order valence-electron chi connectivity index (χ1n) is 6.17. The van der Waals surface area contributed by atoms with Gasteiger partial charge >= 0.3 is 0 Å². The van der Waals surface area contributed by atoms with Crippen molar-refractivity contribution in [3.05, 3.63) is 65.0 Å². The maximum atomic E-state index is 13.5. The number of hydrazone groups is 1. The van der Waals surface area contributed by atoms with Gasteiger partial charge in [-0.25, -0.2) is 13.2 Å². The van der Waals surface area contributed by atoms with E-state index in [1.54, 1.807) is 23.9 Å². The normalized spacial score (nSPS) is 12.3. The Kier molecular flexibility index (Phi) is 4.96. The van der Waals surface area contributed by atoms with Crippen molar-refractivity contribution in [1.82, 2.24) is 4.83 Å². The first kappa shape index (κ1) is 17.3. The van der Waals surface area contributed by atoms with Gasteiger partial charge in [-0.1, -0.05) is 29.3 Å². The summed E-state index contributed by atoms with van der Waals surface area (Å²) in [6.45, 7) is 1.78. The van der Waals surface area contributed by atoms with E-state index in [1.165, 1.54) is 12.1 Å². The first-order valence-corrected chi connectivity index (χ1v) is 8.03. The molecule has 2 aromatic rings. The van der Waals surface area contributed by atoms with Crippen LogP contribution in [0.2, 0.25) is 0 Å². The second-order valence-corrected chi connectivity index (χ2v) is 6.57. The van der Waals surface area contributed by atoms with E-state index in [0.29, 0.717) is 12.1 Å². The van der Waals surface area contributed by atoms with Gasteiger partial charge in [0.1, 0.15) is 17.5 Å². The molecule has 23 heavy (non-hydrogen) atoms. The molecule has 0 aliphatic carbocycles. The molecule has 0 aliphatic rings. The molecule has 2 aromatic carbocycles. The molecule has 4 nitrogen and oxygen atoms in total. The van der Waals surface area contributed by atoms with Gasteiger partial charge in [-0.3, -0.25) is 0 Å². The summed E-state index contributed by atoms with van der Waals surface area (Å²) in [5.41, 5.74) is 0.0145. The largest absolute Gasteiger partial charge is 0.276 e. The summed E-state index contributed by atoms with van der Waals surface area (Å²) in [6.07, 6.45) is 0. The third kappa shape index (κ3) is 4.02. The van der Waals surface area contributed by atoms with Crippen molar-refractivity contribution in [2.45, 2.75) is 11.8 Å². The topological polar surface area (TPSA) is 58.5 Å². The molecular formula is C14H10ClF3N2O2S. The molecule has 0 atom stereocenters. The van der Waals surface area contributed by atoms with Crippen LogP contribution in [-0.2, 0) is 10.0 Å². The maximum absolute atomic E-state index is 13.5. The summed E-state index contributed by atoms with van der Waals surface area (Å²) < 4.78 is 63.8. The Hall–Kier alpha value is -2.06. The Labute approximate surface area is 135 Å². The van der Waals surface area contributed by atoms with Gasteiger partial charge in [0.05, 0.1) is 10.5 Å². The summed E-state index contributed by atoms with van der Waals surface area (Å²) in [5, 5.41) is 2.46. The Morgan fingerprint density at radius 2 is 1.61 bits per heavy atom. The van der Waals surface area contributed by atoms with Crippen LogP contribution in [-0.4, -0.2) is 13.6 Å². The lowest BCUT2D eigenvalue weighted by molar-refractivity contribution is 0.540. The maximum Gasteiger partial charge on any atom is 0.276 e. The van der Waals surface area contributed by atoms with Gasteiger partial charge in [0.2, 0.25) is 0 Å². The minimum Gasteiger partial charge on any atom is -0.207 e. The molecule has 0 spiro atoms. The van der Waals surface area contributed by atoms with Gasteiger partial charge in [0.25, 0.3) is 10.0 Å². The van der Waals surface area contributed by atoms with E-state index in [4.69, 9.17) is 11.6 Å². The highest BCUT2D eigenvalue weighted by Crippen LogP contribution is 2.18. The average Bonchev–Trinajstić information content (AvgIpc) is 2.44. The van der Waals surface area contributed by atoms with Crippen LogP contribution < -0.4 is 4.83 Å². The SMILES string of the molecule is Cc1ccc(S(=O)(=O)NN=C(Cl)c2c(F)cc(F)cc2F)cc1. The summed E-state index contributed by atoms with van der Waals surface area (Å²) in [6, 6.07) is 6.62. The molecule has 0 heterocycles. The number of halogens is 4. The zero-order valence-electron chi connectivity index (χ0n) is 11.6. The number of hydrogen-bond acceptors (Lipinski definition) is 3. The van der Waals surface area contributed by atoms with Crippen molar-refractivity contribution >= 4 is 26.8 Å². The lowest BCUT2D eigenvalue weighted by Crippen LogP contribution is -2.20. The molecule has 0 saturated carbocycles. The van der Waals surface area contributed by atoms with Crippen LogP contribution in [0.5, 0.6) is 0 Å². The summed E-state index contributed by atoms with van der Waals surface area (Å²) in [7, 11) is -4.05. The standard InChI is InChI=1S/C14H10ClF3N2O2S/c1-8-2-4-10(5-3-8)23(21,22)20-19-14(15)13-11(17)6-9(16)7-12(13)18/h2-7,20H,1H3. The van der Waals surface area contributed by atoms with Gasteiger partial charge < -0.3 is 0 Å². The highest BCUT2D eigenvalue weighted by molar-refractivity contribution is 7.89. The molecule has 0 fully saturated rings. The Bertz CT molecular complexity index is 845. The number of sulfonamides is 1. The number of nitrogens with zero attached hydrogens (tertiary/aromatic N) is 1. The predicted molar refractivity (Wildman–Crippen MR) is 80.2 cm³/mol. The predicted octanol–water partition coefficient (Wildman–Crippen LogP) is 3.29. The minimum atomic E-state index is -4.05. The third-order valence-electron chi connectivity index (χ3n) is 2.81. The Balaban J connectivity index is 2.31. The molecule has 2 rings (SSSR count). The van der Waals surface area contributed by atoms with Crippen LogP contribution in [0.4, 0.5) is 13.2 Å². The lowest BCUT2D eigenvalue weighted by Gasteiger charge is -2.06. The average molecular weight is 363 g/mol. The molecule has 0 aliphatic heterocycles. The van der Waals surface area contributed by atoms with Crippen LogP contribution in [0.3, 0.4) is 0 Å². The number of hydrogen-bond donors (Lipinski definition) is 1. The van der Waals surface area contributed by atoms with Crippen molar-refractivity contribution in [2.24, 2.45) is 5.10 Å². The number of nitrogens with one attached hydrogen (secondary N) is 1. The van der Waals surface area contributed by atoms with E-state index in [1.807, 2.05) is 0 Å². The van der Waals surface area contributed by atoms with Crippen LogP contribution in [0, 0.1) is 24.4 Å². The summed E-state index contributed by atoms with van der Waals surface area (Å²) >= 11 is 5.61. The highest BCUT2D eigenvalue weighted by atomic mass is 35.5. The number of aryl methyl sites for hydroxylation is 1. The molecule has 0 amide bonds. The summed E-state index contributed by atoms with van der Waals surface area (Å²) in [5.74, 6) is -3.73. The molecule has 9 heteroatoms. The third-order valence-corrected chi connectivity index (χ3v) is 4.31. The Morgan fingerprint density at radius 1 is 1.09 bits per heavy atom. The minimum absolute atomic E-state index is 0.101. The van der Waals surface area contributed by atoms with Gasteiger partial charge in [-0.05, 0) is 19.1 Å². The summed E-state index contributed by atoms with van der Waals surface area (Å²) in [4.78, 5) is 1.66. The lowest BCUT2D eigenvalue weighted by atomic mass is 10.2. The van der Waals surface area contributed by atoms with Gasteiger partial charge in [0, 0.05) is 12.1 Å². The van der Waals surface area contributed by atoms with E-state index in [2.05, 4.69) is 5.10 Å². The van der Waals surface area contributed by atoms with Crippen molar-refractivity contribution in [3.63, 3.8) is 0 Å². The zero-order valence-corrected chi connectivity index (χ0v) is 13.2. The van der Waals surface area contributed by atoms with Crippen molar-refractivity contribution in [2.75, 3.05) is 0 Å². The fourth-order valence-electron chi connectivity index (χ4n) is 1.67. The van der Waals surface area contributed by atoms with Crippen molar-refractivity contribution < 1.29 is 21.6 Å². The van der Waals surface area contributed by atoms with Crippen LogP contribution in [0.25, 0.3) is 0 Å². The molecular weight excluding hydrogens is 353 g/mol. The van der Waals surface area contributed by atoms with E-state index in [0.717, 1.165) is 5.56 Å². The van der Waals surface area contributed by atoms with E-state index >= 15 is 0 Å². The molecule has 122 valence electrons. The van der Waals surface area contributed by atoms with Gasteiger partial charge in [0.15, 0.2) is 5.17 Å². The fourth-order valence-corrected chi connectivity index (χ4v) is 2.75. The Morgan fingerprint density at radius 3 is 2.13 bits per heavy atom. The molecule has 1 N–H and O–H groups in total. The van der Waals surface area contributed by atoms with Crippen LogP contribution >= 0.6 is 11.6 Å². The molecule has 0 unspecified atom stereocenters. The number of rotatable bonds is 4. The fraction of sp³-hybridized carbons (Fsp3) is 0.0714.